The van der Waals surface area contributed by atoms with Gasteiger partial charge in [0.05, 0.1) is 18.1 Å². The minimum atomic E-state index is -3.56. The predicted octanol–water partition coefficient (Wildman–Crippen LogP) is 3.99. The summed E-state index contributed by atoms with van der Waals surface area (Å²) in [5, 5.41) is 2.53. The van der Waals surface area contributed by atoms with Crippen LogP contribution in [-0.2, 0) is 21.4 Å². The number of benzene rings is 3. The van der Waals surface area contributed by atoms with E-state index >= 15 is 0 Å². The topological polar surface area (TPSA) is 55.4 Å². The lowest BCUT2D eigenvalue weighted by atomic mass is 10.1. The van der Waals surface area contributed by atoms with Gasteiger partial charge in [0.1, 0.15) is 0 Å². The van der Waals surface area contributed by atoms with E-state index in [-0.39, 0.29) is 18.0 Å². The zero-order valence-corrected chi connectivity index (χ0v) is 15.1. The van der Waals surface area contributed by atoms with Crippen molar-refractivity contribution in [2.24, 2.45) is 0 Å². The maximum absolute atomic E-state index is 12.4. The first kappa shape index (κ1) is 17.9. The Bertz CT molecular complexity index is 973. The van der Waals surface area contributed by atoms with Crippen LogP contribution in [0.3, 0.4) is 0 Å². The van der Waals surface area contributed by atoms with Crippen molar-refractivity contribution in [1.82, 2.24) is 4.72 Å². The lowest BCUT2D eigenvalue weighted by molar-refractivity contribution is 0.126. The molecule has 130 valence electrons. The van der Waals surface area contributed by atoms with E-state index in [4.69, 9.17) is 16.3 Å². The lowest BCUT2D eigenvalue weighted by Crippen LogP contribution is -2.27. The van der Waals surface area contributed by atoms with Crippen LogP contribution in [0.1, 0.15) is 5.56 Å². The molecule has 0 saturated carbocycles. The maximum atomic E-state index is 12.4. The zero-order chi connectivity index (χ0) is 17.7. The highest BCUT2D eigenvalue weighted by atomic mass is 35.5. The van der Waals surface area contributed by atoms with Gasteiger partial charge in [0.2, 0.25) is 10.0 Å². The van der Waals surface area contributed by atoms with Crippen LogP contribution < -0.4 is 4.72 Å². The van der Waals surface area contributed by atoms with Crippen molar-refractivity contribution in [3.8, 4) is 0 Å². The van der Waals surface area contributed by atoms with E-state index in [1.165, 1.54) is 0 Å². The van der Waals surface area contributed by atoms with Crippen LogP contribution >= 0.6 is 11.6 Å². The molecule has 3 aromatic carbocycles. The van der Waals surface area contributed by atoms with Gasteiger partial charge in [-0.15, -0.1) is 0 Å². The summed E-state index contributed by atoms with van der Waals surface area (Å²) < 4.78 is 32.8. The Morgan fingerprint density at radius 2 is 1.64 bits per heavy atom. The molecule has 0 aliphatic rings. The molecule has 6 heteroatoms. The number of hydrogen-bond donors (Lipinski definition) is 1. The third-order valence-corrected chi connectivity index (χ3v) is 5.61. The molecular formula is C19H18ClNO3S. The van der Waals surface area contributed by atoms with E-state index < -0.39 is 10.0 Å². The first-order chi connectivity index (χ1) is 12.1. The van der Waals surface area contributed by atoms with Gasteiger partial charge in [0, 0.05) is 11.6 Å². The molecule has 0 fully saturated rings. The second-order valence-electron chi connectivity index (χ2n) is 5.55. The summed E-state index contributed by atoms with van der Waals surface area (Å²) in [6.45, 7) is 0.801. The summed E-state index contributed by atoms with van der Waals surface area (Å²) in [5.41, 5.74) is 0.876. The fourth-order valence-corrected chi connectivity index (χ4v) is 3.70. The Kier molecular flexibility index (Phi) is 5.71. The van der Waals surface area contributed by atoms with Gasteiger partial charge in [0.25, 0.3) is 0 Å². The molecule has 0 aliphatic carbocycles. The van der Waals surface area contributed by atoms with Gasteiger partial charge in [0.15, 0.2) is 0 Å². The van der Waals surface area contributed by atoms with Crippen LogP contribution in [0, 0.1) is 0 Å². The fraction of sp³-hybridized carbons (Fsp3) is 0.158. The highest BCUT2D eigenvalue weighted by Crippen LogP contribution is 2.19. The Labute approximate surface area is 152 Å². The van der Waals surface area contributed by atoms with Gasteiger partial charge >= 0.3 is 0 Å². The molecule has 0 bridgehead atoms. The molecule has 0 atom stereocenters. The minimum absolute atomic E-state index is 0.194. The van der Waals surface area contributed by atoms with Crippen molar-refractivity contribution in [2.45, 2.75) is 11.5 Å². The molecule has 3 rings (SSSR count). The number of rotatable bonds is 7. The summed E-state index contributed by atoms with van der Waals surface area (Å²) in [6, 6.07) is 20.1. The average Bonchev–Trinajstić information content (AvgIpc) is 2.62. The first-order valence-electron chi connectivity index (χ1n) is 7.86. The Hall–Kier alpha value is -1.92. The van der Waals surface area contributed by atoms with Crippen molar-refractivity contribution < 1.29 is 13.2 Å². The number of nitrogens with one attached hydrogen (secondary N) is 1. The SMILES string of the molecule is O=S(=O)(NCCOCc1ccccc1Cl)c1ccc2ccccc2c1. The van der Waals surface area contributed by atoms with Crippen LogP contribution in [0.15, 0.2) is 71.6 Å². The summed E-state index contributed by atoms with van der Waals surface area (Å²) >= 11 is 6.05. The van der Waals surface area contributed by atoms with E-state index in [1.807, 2.05) is 42.5 Å². The fourth-order valence-electron chi connectivity index (χ4n) is 2.46. The number of sulfonamides is 1. The number of hydrogen-bond acceptors (Lipinski definition) is 3. The van der Waals surface area contributed by atoms with Crippen LogP contribution in [0.4, 0.5) is 0 Å². The quantitative estimate of drug-likeness (QED) is 0.635. The predicted molar refractivity (Wildman–Crippen MR) is 100 cm³/mol. The van der Waals surface area contributed by atoms with Crippen LogP contribution in [0.2, 0.25) is 5.02 Å². The Morgan fingerprint density at radius 1 is 0.920 bits per heavy atom. The number of ether oxygens (including phenoxy) is 1. The van der Waals surface area contributed by atoms with E-state index in [0.29, 0.717) is 11.6 Å². The number of fused-ring (bicyclic) bond motifs is 1. The van der Waals surface area contributed by atoms with Crippen molar-refractivity contribution in [3.05, 3.63) is 77.3 Å². The van der Waals surface area contributed by atoms with Crippen molar-refractivity contribution >= 4 is 32.4 Å². The van der Waals surface area contributed by atoms with Crippen molar-refractivity contribution in [3.63, 3.8) is 0 Å². The summed E-state index contributed by atoms with van der Waals surface area (Å²) in [6.07, 6.45) is 0. The lowest BCUT2D eigenvalue weighted by Gasteiger charge is -2.09. The van der Waals surface area contributed by atoms with Crippen LogP contribution in [0.25, 0.3) is 10.8 Å². The van der Waals surface area contributed by atoms with Crippen molar-refractivity contribution in [1.29, 1.82) is 0 Å². The molecule has 3 aromatic rings. The standard InChI is InChI=1S/C19H18ClNO3S/c20-19-8-4-3-7-17(19)14-24-12-11-21-25(22,23)18-10-9-15-5-1-2-6-16(15)13-18/h1-10,13,21H,11-12,14H2. The summed E-state index contributed by atoms with van der Waals surface area (Å²) in [4.78, 5) is 0.248. The maximum Gasteiger partial charge on any atom is 0.240 e. The third kappa shape index (κ3) is 4.58. The molecule has 0 aliphatic heterocycles. The molecule has 0 aromatic heterocycles. The third-order valence-electron chi connectivity index (χ3n) is 3.79. The van der Waals surface area contributed by atoms with E-state index in [2.05, 4.69) is 4.72 Å². The number of halogens is 1. The minimum Gasteiger partial charge on any atom is -0.375 e. The van der Waals surface area contributed by atoms with E-state index in [9.17, 15) is 8.42 Å². The highest BCUT2D eigenvalue weighted by Gasteiger charge is 2.13. The van der Waals surface area contributed by atoms with Gasteiger partial charge in [-0.25, -0.2) is 13.1 Å². The molecule has 0 saturated heterocycles. The van der Waals surface area contributed by atoms with Crippen LogP contribution in [-0.4, -0.2) is 21.6 Å². The molecule has 0 spiro atoms. The first-order valence-corrected chi connectivity index (χ1v) is 9.72. The second kappa shape index (κ2) is 7.97. The van der Waals surface area contributed by atoms with Gasteiger partial charge in [-0.2, -0.15) is 0 Å². The highest BCUT2D eigenvalue weighted by molar-refractivity contribution is 7.89. The Balaban J connectivity index is 1.55. The smallest absolute Gasteiger partial charge is 0.240 e. The molecule has 1 N–H and O–H groups in total. The molecule has 4 nitrogen and oxygen atoms in total. The molecule has 25 heavy (non-hydrogen) atoms. The second-order valence-corrected chi connectivity index (χ2v) is 7.72. The van der Waals surface area contributed by atoms with E-state index in [0.717, 1.165) is 16.3 Å². The monoisotopic (exact) mass is 375 g/mol. The van der Waals surface area contributed by atoms with E-state index in [1.54, 1.807) is 24.3 Å². The zero-order valence-electron chi connectivity index (χ0n) is 13.5. The van der Waals surface area contributed by atoms with Gasteiger partial charge in [-0.3, -0.25) is 0 Å². The molecule has 0 unspecified atom stereocenters. The van der Waals surface area contributed by atoms with Gasteiger partial charge in [-0.1, -0.05) is 60.1 Å². The van der Waals surface area contributed by atoms with Gasteiger partial charge in [-0.05, 0) is 34.5 Å². The summed E-state index contributed by atoms with van der Waals surface area (Å²) in [7, 11) is -3.56. The normalized spacial score (nSPS) is 11.7. The largest absolute Gasteiger partial charge is 0.375 e. The average molecular weight is 376 g/mol. The van der Waals surface area contributed by atoms with Gasteiger partial charge < -0.3 is 4.74 Å². The molecule has 0 radical (unpaired) electrons. The van der Waals surface area contributed by atoms with Crippen molar-refractivity contribution in [2.75, 3.05) is 13.2 Å². The molecule has 0 heterocycles. The molecule has 0 amide bonds. The van der Waals surface area contributed by atoms with Crippen LogP contribution in [0.5, 0.6) is 0 Å². The summed E-state index contributed by atoms with van der Waals surface area (Å²) in [5.74, 6) is 0. The Morgan fingerprint density at radius 3 is 2.44 bits per heavy atom. The molecular weight excluding hydrogens is 358 g/mol.